The average Bonchev–Trinajstić information content (AvgIpc) is 2.15. The van der Waals surface area contributed by atoms with Crippen LogP contribution in [-0.4, -0.2) is 34.8 Å². The second kappa shape index (κ2) is 4.52. The van der Waals surface area contributed by atoms with E-state index in [1.54, 1.807) is 0 Å². The lowest BCUT2D eigenvalue weighted by Gasteiger charge is -2.37. The maximum Gasteiger partial charge on any atom is 0.407 e. The molecule has 0 aromatic heterocycles. The molecule has 1 fully saturated rings. The van der Waals surface area contributed by atoms with Crippen LogP contribution in [0.2, 0.25) is 0 Å². The fraction of sp³-hybridized carbons (Fsp3) is 0.500. The Morgan fingerprint density at radius 3 is 2.28 bits per heavy atom. The Morgan fingerprint density at radius 2 is 1.83 bits per heavy atom. The van der Waals surface area contributed by atoms with Crippen LogP contribution in [0.4, 0.5) is 4.79 Å². The van der Waals surface area contributed by atoms with Gasteiger partial charge in [0.2, 0.25) is 0 Å². The Labute approximate surface area is 107 Å². The molecule has 1 N–H and O–H groups in total. The number of nitrogens with zero attached hydrogens (tertiary/aromatic N) is 1. The molecule has 1 aromatic rings. The summed E-state index contributed by atoms with van der Waals surface area (Å²) in [4.78, 5) is 12.1. The second-order valence-electron chi connectivity index (χ2n) is 5.67. The third-order valence-corrected chi connectivity index (χ3v) is 2.93. The molecule has 1 saturated heterocycles. The van der Waals surface area contributed by atoms with Gasteiger partial charge in [0.25, 0.3) is 0 Å². The fourth-order valence-electron chi connectivity index (χ4n) is 2.01. The van der Waals surface area contributed by atoms with Gasteiger partial charge in [-0.1, -0.05) is 12.1 Å². The summed E-state index contributed by atoms with van der Waals surface area (Å²) in [7, 11) is 0. The van der Waals surface area contributed by atoms with Gasteiger partial charge < -0.3 is 14.7 Å². The van der Waals surface area contributed by atoms with Crippen LogP contribution in [0.5, 0.6) is 5.75 Å². The molecule has 4 heteroatoms. The molecule has 1 amide bonds. The van der Waals surface area contributed by atoms with Crippen molar-refractivity contribution in [3.8, 4) is 5.75 Å². The minimum atomic E-state index is -0.834. The van der Waals surface area contributed by atoms with Gasteiger partial charge >= 0.3 is 6.09 Å². The summed E-state index contributed by atoms with van der Waals surface area (Å²) in [6.07, 6.45) is -0.834. The number of carboxylic acid groups (broad SMARTS) is 1. The van der Waals surface area contributed by atoms with Crippen LogP contribution >= 0.6 is 0 Å². The molecule has 1 heterocycles. The molecule has 18 heavy (non-hydrogen) atoms. The van der Waals surface area contributed by atoms with E-state index in [1.807, 2.05) is 45.0 Å². The molecule has 0 saturated carbocycles. The molecule has 4 nitrogen and oxygen atoms in total. The van der Waals surface area contributed by atoms with E-state index in [-0.39, 0.29) is 5.60 Å². The average molecular weight is 249 g/mol. The zero-order chi connectivity index (χ0) is 13.3. The SMILES string of the molecule is CC(C)(C)Oc1ccc(C2CN(C(=O)O)C2)cc1. The van der Waals surface area contributed by atoms with Crippen molar-refractivity contribution in [1.29, 1.82) is 0 Å². The predicted molar refractivity (Wildman–Crippen MR) is 69.2 cm³/mol. The highest BCUT2D eigenvalue weighted by molar-refractivity contribution is 5.66. The zero-order valence-electron chi connectivity index (χ0n) is 11.0. The Kier molecular flexibility index (Phi) is 3.20. The first-order valence-electron chi connectivity index (χ1n) is 6.12. The summed E-state index contributed by atoms with van der Waals surface area (Å²) < 4.78 is 5.74. The van der Waals surface area contributed by atoms with Crippen LogP contribution in [0, 0.1) is 0 Å². The van der Waals surface area contributed by atoms with Gasteiger partial charge in [-0.15, -0.1) is 0 Å². The second-order valence-corrected chi connectivity index (χ2v) is 5.67. The van der Waals surface area contributed by atoms with Crippen LogP contribution in [-0.2, 0) is 0 Å². The molecule has 0 unspecified atom stereocenters. The van der Waals surface area contributed by atoms with E-state index in [4.69, 9.17) is 9.84 Å². The largest absolute Gasteiger partial charge is 0.488 e. The van der Waals surface area contributed by atoms with E-state index in [0.717, 1.165) is 5.75 Å². The van der Waals surface area contributed by atoms with Crippen molar-refractivity contribution >= 4 is 6.09 Å². The number of rotatable bonds is 2. The molecular formula is C14H19NO3. The highest BCUT2D eigenvalue weighted by Crippen LogP contribution is 2.28. The van der Waals surface area contributed by atoms with Crippen LogP contribution in [0.3, 0.4) is 0 Å². The number of hydrogen-bond acceptors (Lipinski definition) is 2. The van der Waals surface area contributed by atoms with E-state index in [9.17, 15) is 4.79 Å². The van der Waals surface area contributed by atoms with Crippen LogP contribution < -0.4 is 4.74 Å². The number of amides is 1. The first-order valence-corrected chi connectivity index (χ1v) is 6.12. The van der Waals surface area contributed by atoms with Gasteiger partial charge in [-0.3, -0.25) is 0 Å². The Balaban J connectivity index is 1.95. The number of benzene rings is 1. The monoisotopic (exact) mass is 249 g/mol. The summed E-state index contributed by atoms with van der Waals surface area (Å²) in [5.74, 6) is 1.17. The number of ether oxygens (including phenoxy) is 1. The Morgan fingerprint density at radius 1 is 1.28 bits per heavy atom. The van der Waals surface area contributed by atoms with Crippen LogP contribution in [0.15, 0.2) is 24.3 Å². The lowest BCUT2D eigenvalue weighted by molar-refractivity contribution is 0.105. The van der Waals surface area contributed by atoms with Crippen molar-refractivity contribution in [3.63, 3.8) is 0 Å². The fourth-order valence-corrected chi connectivity index (χ4v) is 2.01. The predicted octanol–water partition coefficient (Wildman–Crippen LogP) is 2.94. The first kappa shape index (κ1) is 12.7. The maximum atomic E-state index is 10.7. The molecule has 2 rings (SSSR count). The highest BCUT2D eigenvalue weighted by atomic mass is 16.5. The van der Waals surface area contributed by atoms with Gasteiger partial charge in [0, 0.05) is 19.0 Å². The lowest BCUT2D eigenvalue weighted by Crippen LogP contribution is -2.47. The third-order valence-electron chi connectivity index (χ3n) is 2.93. The summed E-state index contributed by atoms with van der Waals surface area (Å²) in [5.41, 5.74) is 0.978. The molecule has 1 aromatic carbocycles. The van der Waals surface area contributed by atoms with Crippen LogP contribution in [0.1, 0.15) is 32.3 Å². The number of likely N-dealkylation sites (tertiary alicyclic amines) is 1. The van der Waals surface area contributed by atoms with Crippen molar-refractivity contribution in [2.45, 2.75) is 32.3 Å². The summed E-state index contributed by atoms with van der Waals surface area (Å²) >= 11 is 0. The van der Waals surface area contributed by atoms with Gasteiger partial charge in [-0.05, 0) is 38.5 Å². The van der Waals surface area contributed by atoms with Gasteiger partial charge in [0.05, 0.1) is 0 Å². The molecule has 1 aliphatic heterocycles. The van der Waals surface area contributed by atoms with Crippen LogP contribution in [0.25, 0.3) is 0 Å². The van der Waals surface area contributed by atoms with Gasteiger partial charge in [-0.25, -0.2) is 4.79 Å². The normalized spacial score (nSPS) is 16.3. The molecule has 98 valence electrons. The quantitative estimate of drug-likeness (QED) is 0.876. The summed E-state index contributed by atoms with van der Waals surface area (Å²) in [6.45, 7) is 7.22. The van der Waals surface area contributed by atoms with Gasteiger partial charge in [0.1, 0.15) is 11.4 Å². The molecular weight excluding hydrogens is 230 g/mol. The summed E-state index contributed by atoms with van der Waals surface area (Å²) in [5, 5.41) is 8.78. The number of hydrogen-bond donors (Lipinski definition) is 1. The highest BCUT2D eigenvalue weighted by Gasteiger charge is 2.31. The minimum Gasteiger partial charge on any atom is -0.488 e. The molecule has 0 spiro atoms. The van der Waals surface area contributed by atoms with Crippen molar-refractivity contribution in [1.82, 2.24) is 4.90 Å². The lowest BCUT2D eigenvalue weighted by atomic mass is 9.92. The maximum absolute atomic E-state index is 10.7. The molecule has 0 bridgehead atoms. The molecule has 0 radical (unpaired) electrons. The first-order chi connectivity index (χ1) is 8.35. The molecule has 0 atom stereocenters. The minimum absolute atomic E-state index is 0.196. The van der Waals surface area contributed by atoms with E-state index < -0.39 is 6.09 Å². The smallest absolute Gasteiger partial charge is 0.407 e. The van der Waals surface area contributed by atoms with Crippen molar-refractivity contribution in [2.24, 2.45) is 0 Å². The van der Waals surface area contributed by atoms with Crippen molar-refractivity contribution in [2.75, 3.05) is 13.1 Å². The standard InChI is InChI=1S/C14H19NO3/c1-14(2,3)18-12-6-4-10(5-7-12)11-8-15(9-11)13(16)17/h4-7,11H,8-9H2,1-3H3,(H,16,17). The topological polar surface area (TPSA) is 49.8 Å². The van der Waals surface area contributed by atoms with E-state index in [1.165, 1.54) is 10.5 Å². The Hall–Kier alpha value is -1.71. The van der Waals surface area contributed by atoms with Gasteiger partial charge in [-0.2, -0.15) is 0 Å². The van der Waals surface area contributed by atoms with Crippen molar-refractivity contribution < 1.29 is 14.6 Å². The van der Waals surface area contributed by atoms with Crippen molar-refractivity contribution in [3.05, 3.63) is 29.8 Å². The van der Waals surface area contributed by atoms with Gasteiger partial charge in [0.15, 0.2) is 0 Å². The van der Waals surface area contributed by atoms with E-state index in [0.29, 0.717) is 19.0 Å². The Bertz CT molecular complexity index is 427. The zero-order valence-corrected chi connectivity index (χ0v) is 11.0. The van der Waals surface area contributed by atoms with E-state index in [2.05, 4.69) is 0 Å². The third kappa shape index (κ3) is 2.94. The van der Waals surface area contributed by atoms with E-state index >= 15 is 0 Å². The molecule has 0 aliphatic carbocycles. The number of carbonyl (C=O) groups is 1. The summed E-state index contributed by atoms with van der Waals surface area (Å²) in [6, 6.07) is 7.93. The molecule has 1 aliphatic rings.